The molecule has 30 heavy (non-hydrogen) atoms. The van der Waals surface area contributed by atoms with Crippen molar-refractivity contribution in [2.24, 2.45) is 5.92 Å². The Morgan fingerprint density at radius 3 is 2.83 bits per heavy atom. The zero-order valence-electron chi connectivity index (χ0n) is 16.7. The van der Waals surface area contributed by atoms with E-state index in [4.69, 9.17) is 11.6 Å². The van der Waals surface area contributed by atoms with Crippen molar-refractivity contribution in [3.63, 3.8) is 0 Å². The number of hydrogen-bond donors (Lipinski definition) is 1. The Bertz CT molecular complexity index is 1040. The summed E-state index contributed by atoms with van der Waals surface area (Å²) in [6.07, 6.45) is 5.21. The van der Waals surface area contributed by atoms with Gasteiger partial charge in [-0.3, -0.25) is 4.79 Å². The van der Waals surface area contributed by atoms with Gasteiger partial charge in [-0.15, -0.1) is 0 Å². The highest BCUT2D eigenvalue weighted by atomic mass is 35.5. The molecule has 5 nitrogen and oxygen atoms in total. The van der Waals surface area contributed by atoms with Gasteiger partial charge in [-0.05, 0) is 50.1 Å². The molecule has 1 saturated heterocycles. The number of benzene rings is 2. The van der Waals surface area contributed by atoms with Gasteiger partial charge in [0, 0.05) is 41.1 Å². The van der Waals surface area contributed by atoms with Crippen molar-refractivity contribution >= 4 is 40.8 Å². The number of carbonyl (C=O) groups is 1. The third kappa shape index (κ3) is 5.12. The number of anilines is 2. The van der Waals surface area contributed by atoms with Gasteiger partial charge in [-0.25, -0.2) is 9.97 Å². The average molecular weight is 439 g/mol. The van der Waals surface area contributed by atoms with E-state index in [-0.39, 0.29) is 11.8 Å². The van der Waals surface area contributed by atoms with Crippen molar-refractivity contribution in [1.82, 2.24) is 9.97 Å². The third-order valence-corrected chi connectivity index (χ3v) is 6.24. The molecule has 0 bridgehead atoms. The molecule has 0 radical (unpaired) electrons. The zero-order chi connectivity index (χ0) is 20.9. The van der Waals surface area contributed by atoms with E-state index in [2.05, 4.69) is 45.3 Å². The van der Waals surface area contributed by atoms with Gasteiger partial charge in [0.1, 0.15) is 5.03 Å². The molecule has 1 aliphatic rings. The van der Waals surface area contributed by atoms with E-state index < -0.39 is 0 Å². The maximum atomic E-state index is 12.8. The van der Waals surface area contributed by atoms with Gasteiger partial charge in [0.05, 0.1) is 5.92 Å². The van der Waals surface area contributed by atoms with Crippen LogP contribution in [0, 0.1) is 12.8 Å². The van der Waals surface area contributed by atoms with Crippen molar-refractivity contribution in [1.29, 1.82) is 0 Å². The van der Waals surface area contributed by atoms with E-state index in [1.165, 1.54) is 5.56 Å². The maximum absolute atomic E-state index is 12.8. The van der Waals surface area contributed by atoms with E-state index >= 15 is 0 Å². The van der Waals surface area contributed by atoms with E-state index in [1.807, 2.05) is 18.2 Å². The van der Waals surface area contributed by atoms with Crippen LogP contribution in [-0.4, -0.2) is 29.0 Å². The van der Waals surface area contributed by atoms with Crippen LogP contribution in [0.1, 0.15) is 18.4 Å². The summed E-state index contributed by atoms with van der Waals surface area (Å²) in [7, 11) is 0. The monoisotopic (exact) mass is 438 g/mol. The number of nitrogens with one attached hydrogen (secondary N) is 1. The van der Waals surface area contributed by atoms with E-state index in [1.54, 1.807) is 36.3 Å². The highest BCUT2D eigenvalue weighted by Crippen LogP contribution is 2.34. The molecule has 1 N–H and O–H groups in total. The van der Waals surface area contributed by atoms with Crippen molar-refractivity contribution in [3.05, 3.63) is 71.5 Å². The number of amides is 1. The summed E-state index contributed by atoms with van der Waals surface area (Å²) in [5.74, 6) is 0.736. The lowest BCUT2D eigenvalue weighted by Crippen LogP contribution is -2.41. The number of nitrogens with zero attached hydrogens (tertiary/aromatic N) is 3. The number of piperidine rings is 1. The molecule has 0 aliphatic carbocycles. The van der Waals surface area contributed by atoms with Crippen LogP contribution >= 0.6 is 23.4 Å². The fourth-order valence-corrected chi connectivity index (χ4v) is 4.78. The molecule has 1 fully saturated rings. The molecule has 0 unspecified atom stereocenters. The summed E-state index contributed by atoms with van der Waals surface area (Å²) in [6, 6.07) is 15.6. The second kappa shape index (κ2) is 9.49. The Morgan fingerprint density at radius 2 is 2.00 bits per heavy atom. The van der Waals surface area contributed by atoms with Crippen LogP contribution in [0.25, 0.3) is 0 Å². The van der Waals surface area contributed by atoms with Crippen molar-refractivity contribution in [2.75, 3.05) is 23.3 Å². The second-order valence-corrected chi connectivity index (χ2v) is 8.89. The molecule has 2 heterocycles. The molecule has 7 heteroatoms. The van der Waals surface area contributed by atoms with Crippen LogP contribution in [0.4, 0.5) is 11.5 Å². The van der Waals surface area contributed by atoms with E-state index in [9.17, 15) is 4.79 Å². The van der Waals surface area contributed by atoms with Gasteiger partial charge in [-0.1, -0.05) is 47.1 Å². The molecule has 1 aliphatic heterocycles. The largest absolute Gasteiger partial charge is 0.354 e. The second-order valence-electron chi connectivity index (χ2n) is 7.39. The Labute approximate surface area is 185 Å². The Hall–Kier alpha value is -2.57. The maximum Gasteiger partial charge on any atom is 0.229 e. The number of rotatable bonds is 5. The minimum atomic E-state index is -0.114. The predicted octanol–water partition coefficient (Wildman–Crippen LogP) is 5.44. The normalized spacial score (nSPS) is 16.3. The highest BCUT2D eigenvalue weighted by Gasteiger charge is 2.28. The van der Waals surface area contributed by atoms with Gasteiger partial charge in [0.25, 0.3) is 0 Å². The minimum absolute atomic E-state index is 0.0127. The van der Waals surface area contributed by atoms with Gasteiger partial charge in [0.2, 0.25) is 5.91 Å². The summed E-state index contributed by atoms with van der Waals surface area (Å²) in [5.41, 5.74) is 1.93. The number of halogens is 1. The Kier molecular flexibility index (Phi) is 6.55. The minimum Gasteiger partial charge on any atom is -0.354 e. The Morgan fingerprint density at radius 1 is 1.17 bits per heavy atom. The van der Waals surface area contributed by atoms with Crippen LogP contribution in [-0.2, 0) is 4.79 Å². The van der Waals surface area contributed by atoms with Crippen molar-refractivity contribution in [2.45, 2.75) is 29.7 Å². The summed E-state index contributed by atoms with van der Waals surface area (Å²) in [6.45, 7) is 3.56. The molecule has 4 rings (SSSR count). The predicted molar refractivity (Wildman–Crippen MR) is 122 cm³/mol. The lowest BCUT2D eigenvalue weighted by molar-refractivity contribution is -0.120. The lowest BCUT2D eigenvalue weighted by Gasteiger charge is -2.33. The molecule has 1 amide bonds. The number of hydrogen-bond acceptors (Lipinski definition) is 5. The smallest absolute Gasteiger partial charge is 0.229 e. The van der Waals surface area contributed by atoms with E-state index in [0.717, 1.165) is 40.8 Å². The molecule has 3 aromatic rings. The standard InChI is InChI=1S/C23H23ClN4OS/c1-16-5-2-9-20(13-16)30-23-21(25-10-11-26-23)28-12-4-6-17(15-28)22(29)27-19-8-3-7-18(24)14-19/h2-3,5,7-11,13-14,17H,4,6,12,15H2,1H3,(H,27,29)/t17-/m0/s1. The quantitative estimate of drug-likeness (QED) is 0.574. The SMILES string of the molecule is Cc1cccc(Sc2nccnc2N2CCC[C@H](C(=O)Nc3cccc(Cl)c3)C2)c1. The molecule has 1 aromatic heterocycles. The number of aromatic nitrogens is 2. The van der Waals surface area contributed by atoms with Gasteiger partial charge >= 0.3 is 0 Å². The van der Waals surface area contributed by atoms with Crippen LogP contribution in [0.2, 0.25) is 5.02 Å². The number of carbonyl (C=O) groups excluding carboxylic acids is 1. The molecule has 154 valence electrons. The van der Waals surface area contributed by atoms with Crippen LogP contribution in [0.3, 0.4) is 0 Å². The topological polar surface area (TPSA) is 58.1 Å². The molecule has 0 saturated carbocycles. The lowest BCUT2D eigenvalue weighted by atomic mass is 9.97. The first-order chi connectivity index (χ1) is 14.6. The van der Waals surface area contributed by atoms with Crippen molar-refractivity contribution < 1.29 is 4.79 Å². The zero-order valence-corrected chi connectivity index (χ0v) is 18.3. The fraction of sp³-hybridized carbons (Fsp3) is 0.261. The first kappa shape index (κ1) is 20.7. The summed E-state index contributed by atoms with van der Waals surface area (Å²) in [5, 5.41) is 4.46. The molecular formula is C23H23ClN4OS. The molecule has 1 atom stereocenters. The van der Waals surface area contributed by atoms with Gasteiger partial charge in [-0.2, -0.15) is 0 Å². The summed E-state index contributed by atoms with van der Waals surface area (Å²) in [4.78, 5) is 25.3. The summed E-state index contributed by atoms with van der Waals surface area (Å²) >= 11 is 7.64. The molecule has 0 spiro atoms. The third-order valence-electron chi connectivity index (χ3n) is 5.03. The Balaban J connectivity index is 1.49. The molecule has 2 aromatic carbocycles. The first-order valence-corrected chi connectivity index (χ1v) is 11.1. The highest BCUT2D eigenvalue weighted by molar-refractivity contribution is 7.99. The fourth-order valence-electron chi connectivity index (χ4n) is 3.59. The van der Waals surface area contributed by atoms with Crippen LogP contribution < -0.4 is 10.2 Å². The van der Waals surface area contributed by atoms with Gasteiger partial charge in [0.15, 0.2) is 5.82 Å². The van der Waals surface area contributed by atoms with Crippen LogP contribution in [0.15, 0.2) is 70.8 Å². The van der Waals surface area contributed by atoms with E-state index in [0.29, 0.717) is 11.6 Å². The van der Waals surface area contributed by atoms with Crippen LogP contribution in [0.5, 0.6) is 0 Å². The average Bonchev–Trinajstić information content (AvgIpc) is 2.74. The van der Waals surface area contributed by atoms with Crippen molar-refractivity contribution in [3.8, 4) is 0 Å². The molecular weight excluding hydrogens is 416 g/mol. The van der Waals surface area contributed by atoms with Gasteiger partial charge < -0.3 is 10.2 Å². The summed E-state index contributed by atoms with van der Waals surface area (Å²) < 4.78 is 0. The first-order valence-electron chi connectivity index (χ1n) is 9.95. The number of aryl methyl sites for hydroxylation is 1.